The van der Waals surface area contributed by atoms with E-state index < -0.39 is 0 Å². The highest BCUT2D eigenvalue weighted by molar-refractivity contribution is 5.65. The molecule has 96 valence electrons. The normalized spacial score (nSPS) is 10.6. The summed E-state index contributed by atoms with van der Waals surface area (Å²) in [6.45, 7) is 3.23. The van der Waals surface area contributed by atoms with Gasteiger partial charge in [0.05, 0.1) is 12.8 Å². The van der Waals surface area contributed by atoms with Crippen molar-refractivity contribution in [1.29, 1.82) is 0 Å². The summed E-state index contributed by atoms with van der Waals surface area (Å²) < 4.78 is 12.3. The van der Waals surface area contributed by atoms with Gasteiger partial charge in [-0.3, -0.25) is 4.68 Å². The van der Waals surface area contributed by atoms with E-state index in [4.69, 9.17) is 9.47 Å². The number of methoxy groups -OCH3 is 1. The Morgan fingerprint density at radius 3 is 2.44 bits per heavy atom. The first-order valence-corrected chi connectivity index (χ1v) is 5.93. The van der Waals surface area contributed by atoms with E-state index in [1.54, 1.807) is 7.11 Å². The van der Waals surface area contributed by atoms with E-state index in [2.05, 4.69) is 12.0 Å². The van der Waals surface area contributed by atoms with Gasteiger partial charge in [-0.05, 0) is 24.6 Å². The van der Waals surface area contributed by atoms with E-state index in [0.29, 0.717) is 13.2 Å². The molecule has 1 aromatic carbocycles. The second kappa shape index (κ2) is 5.69. The van der Waals surface area contributed by atoms with E-state index in [1.165, 1.54) is 0 Å². The lowest BCUT2D eigenvalue weighted by molar-refractivity contribution is 0.146. The Kier molecular flexibility index (Phi) is 3.99. The molecule has 2 aromatic rings. The highest BCUT2D eigenvalue weighted by atomic mass is 16.5. The summed E-state index contributed by atoms with van der Waals surface area (Å²) in [6, 6.07) is 8.03. The molecule has 4 nitrogen and oxygen atoms in total. The van der Waals surface area contributed by atoms with Gasteiger partial charge in [-0.25, -0.2) is 0 Å². The number of nitrogens with zero attached hydrogens (tertiary/aromatic N) is 2. The number of rotatable bonds is 5. The lowest BCUT2D eigenvalue weighted by Crippen LogP contribution is -2.03. The van der Waals surface area contributed by atoms with E-state index >= 15 is 0 Å². The zero-order valence-electron chi connectivity index (χ0n) is 11.0. The minimum absolute atomic E-state index is 0.571. The van der Waals surface area contributed by atoms with Crippen LogP contribution in [0, 0.1) is 6.92 Å². The van der Waals surface area contributed by atoms with Crippen molar-refractivity contribution in [2.24, 2.45) is 7.05 Å². The Bertz CT molecular complexity index is 503. The molecule has 0 aliphatic rings. The van der Waals surface area contributed by atoms with Gasteiger partial charge in [0.25, 0.3) is 0 Å². The Balaban J connectivity index is 2.10. The minimum atomic E-state index is 0.571. The van der Waals surface area contributed by atoms with Crippen molar-refractivity contribution in [1.82, 2.24) is 9.78 Å². The fourth-order valence-corrected chi connectivity index (χ4v) is 1.76. The van der Waals surface area contributed by atoms with Gasteiger partial charge in [0, 0.05) is 25.4 Å². The first-order chi connectivity index (χ1) is 8.72. The van der Waals surface area contributed by atoms with Crippen molar-refractivity contribution in [2.75, 3.05) is 20.3 Å². The van der Waals surface area contributed by atoms with Crippen LogP contribution < -0.4 is 4.74 Å². The molecule has 2 rings (SSSR count). The van der Waals surface area contributed by atoms with Crippen LogP contribution in [0.1, 0.15) is 5.69 Å². The molecular formula is C14H18N2O2. The summed E-state index contributed by atoms with van der Waals surface area (Å²) in [5, 5.41) is 4.24. The number of benzene rings is 1. The minimum Gasteiger partial charge on any atom is -0.491 e. The van der Waals surface area contributed by atoms with Crippen LogP contribution in [-0.2, 0) is 11.8 Å². The largest absolute Gasteiger partial charge is 0.491 e. The summed E-state index contributed by atoms with van der Waals surface area (Å²) in [6.07, 6.45) is 1.89. The molecule has 0 unspecified atom stereocenters. The number of aryl methyl sites for hydroxylation is 1. The number of hydrogen-bond donors (Lipinski definition) is 0. The van der Waals surface area contributed by atoms with Gasteiger partial charge in [-0.2, -0.15) is 5.10 Å². The standard InChI is InChI=1S/C14H18N2O2/c1-11-14(10-15-16(11)2)12-4-6-13(7-5-12)18-9-8-17-3/h4-7,10H,8-9H2,1-3H3. The molecule has 0 aliphatic heterocycles. The molecule has 1 aromatic heterocycles. The lowest BCUT2D eigenvalue weighted by atomic mass is 10.1. The summed E-state index contributed by atoms with van der Waals surface area (Å²) in [7, 11) is 3.61. The lowest BCUT2D eigenvalue weighted by Gasteiger charge is -2.06. The van der Waals surface area contributed by atoms with Crippen LogP contribution in [0.25, 0.3) is 11.1 Å². The maximum Gasteiger partial charge on any atom is 0.119 e. The van der Waals surface area contributed by atoms with E-state index in [9.17, 15) is 0 Å². The molecule has 0 aliphatic carbocycles. The predicted molar refractivity (Wildman–Crippen MR) is 70.8 cm³/mol. The molecular weight excluding hydrogens is 228 g/mol. The Morgan fingerprint density at radius 2 is 1.89 bits per heavy atom. The Morgan fingerprint density at radius 1 is 1.17 bits per heavy atom. The fraction of sp³-hybridized carbons (Fsp3) is 0.357. The van der Waals surface area contributed by atoms with Crippen molar-refractivity contribution in [3.8, 4) is 16.9 Å². The molecule has 0 amide bonds. The van der Waals surface area contributed by atoms with Gasteiger partial charge in [-0.15, -0.1) is 0 Å². The SMILES string of the molecule is COCCOc1ccc(-c2cnn(C)c2C)cc1. The molecule has 4 heteroatoms. The number of aromatic nitrogens is 2. The van der Waals surface area contributed by atoms with Gasteiger partial charge in [-0.1, -0.05) is 12.1 Å². The van der Waals surface area contributed by atoms with Crippen LogP contribution >= 0.6 is 0 Å². The zero-order valence-corrected chi connectivity index (χ0v) is 11.0. The van der Waals surface area contributed by atoms with Crippen LogP contribution in [-0.4, -0.2) is 30.1 Å². The van der Waals surface area contributed by atoms with Gasteiger partial charge in [0.15, 0.2) is 0 Å². The maximum absolute atomic E-state index is 5.53. The molecule has 0 fully saturated rings. The third kappa shape index (κ3) is 2.71. The van der Waals surface area contributed by atoms with Crippen LogP contribution in [0.2, 0.25) is 0 Å². The summed E-state index contributed by atoms with van der Waals surface area (Å²) in [4.78, 5) is 0. The van der Waals surface area contributed by atoms with Crippen molar-refractivity contribution in [2.45, 2.75) is 6.92 Å². The van der Waals surface area contributed by atoms with Crippen LogP contribution in [0.4, 0.5) is 0 Å². The smallest absolute Gasteiger partial charge is 0.119 e. The molecule has 18 heavy (non-hydrogen) atoms. The van der Waals surface area contributed by atoms with Crippen molar-refractivity contribution in [3.05, 3.63) is 36.2 Å². The predicted octanol–water partition coefficient (Wildman–Crippen LogP) is 2.42. The average molecular weight is 246 g/mol. The number of ether oxygens (including phenoxy) is 2. The molecule has 0 spiro atoms. The molecule has 0 saturated heterocycles. The van der Waals surface area contributed by atoms with Crippen molar-refractivity contribution < 1.29 is 9.47 Å². The van der Waals surface area contributed by atoms with E-state index in [1.807, 2.05) is 42.2 Å². The molecule has 0 atom stereocenters. The third-order valence-electron chi connectivity index (χ3n) is 2.96. The monoisotopic (exact) mass is 246 g/mol. The van der Waals surface area contributed by atoms with Gasteiger partial charge in [0.2, 0.25) is 0 Å². The quantitative estimate of drug-likeness (QED) is 0.760. The number of hydrogen-bond acceptors (Lipinski definition) is 3. The van der Waals surface area contributed by atoms with Crippen LogP contribution in [0.5, 0.6) is 5.75 Å². The van der Waals surface area contributed by atoms with Gasteiger partial charge in [0.1, 0.15) is 12.4 Å². The summed E-state index contributed by atoms with van der Waals surface area (Å²) >= 11 is 0. The molecule has 0 saturated carbocycles. The second-order valence-corrected chi connectivity index (χ2v) is 4.13. The molecule has 0 bridgehead atoms. The van der Waals surface area contributed by atoms with Crippen LogP contribution in [0.15, 0.2) is 30.5 Å². The molecule has 0 radical (unpaired) electrons. The van der Waals surface area contributed by atoms with E-state index in [0.717, 1.165) is 22.6 Å². The zero-order chi connectivity index (χ0) is 13.0. The fourth-order valence-electron chi connectivity index (χ4n) is 1.76. The van der Waals surface area contributed by atoms with E-state index in [-0.39, 0.29) is 0 Å². The first-order valence-electron chi connectivity index (χ1n) is 5.93. The maximum atomic E-state index is 5.53. The van der Waals surface area contributed by atoms with Crippen molar-refractivity contribution >= 4 is 0 Å². The van der Waals surface area contributed by atoms with Gasteiger partial charge < -0.3 is 9.47 Å². The topological polar surface area (TPSA) is 36.3 Å². The first kappa shape index (κ1) is 12.6. The average Bonchev–Trinajstić information content (AvgIpc) is 2.72. The summed E-state index contributed by atoms with van der Waals surface area (Å²) in [5.74, 6) is 0.859. The highest BCUT2D eigenvalue weighted by Gasteiger charge is 2.06. The highest BCUT2D eigenvalue weighted by Crippen LogP contribution is 2.24. The van der Waals surface area contributed by atoms with Crippen LogP contribution in [0.3, 0.4) is 0 Å². The second-order valence-electron chi connectivity index (χ2n) is 4.13. The third-order valence-corrected chi connectivity index (χ3v) is 2.96. The van der Waals surface area contributed by atoms with Crippen molar-refractivity contribution in [3.63, 3.8) is 0 Å². The molecule has 0 N–H and O–H groups in total. The Labute approximate surface area is 107 Å². The Hall–Kier alpha value is -1.81. The summed E-state index contributed by atoms with van der Waals surface area (Å²) in [5.41, 5.74) is 3.46. The molecule has 1 heterocycles. The van der Waals surface area contributed by atoms with Gasteiger partial charge >= 0.3 is 0 Å².